The van der Waals surface area contributed by atoms with Crippen LogP contribution < -0.4 is 5.32 Å². The van der Waals surface area contributed by atoms with Crippen LogP contribution in [0.1, 0.15) is 18.0 Å². The van der Waals surface area contributed by atoms with Crippen LogP contribution in [0.2, 0.25) is 0 Å². The molecule has 0 bridgehead atoms. The minimum atomic E-state index is -0.368. The molecule has 0 amide bonds. The summed E-state index contributed by atoms with van der Waals surface area (Å²) in [4.78, 5) is 2.10. The summed E-state index contributed by atoms with van der Waals surface area (Å²) in [5, 5.41) is 12.6. The highest BCUT2D eigenvalue weighted by molar-refractivity contribution is 9.10. The smallest absolute Gasteiger partial charge is 0.137 e. The van der Waals surface area contributed by atoms with E-state index in [0.717, 1.165) is 38.2 Å². The molecule has 1 aliphatic heterocycles. The van der Waals surface area contributed by atoms with Crippen LogP contribution in [0.15, 0.2) is 22.7 Å². The van der Waals surface area contributed by atoms with Crippen LogP contribution in [0.25, 0.3) is 0 Å². The van der Waals surface area contributed by atoms with E-state index in [-0.39, 0.29) is 11.9 Å². The molecule has 1 fully saturated rings. The Morgan fingerprint density at radius 2 is 2.22 bits per heavy atom. The largest absolute Gasteiger partial charge is 0.315 e. The van der Waals surface area contributed by atoms with E-state index in [9.17, 15) is 9.65 Å². The van der Waals surface area contributed by atoms with Crippen LogP contribution >= 0.6 is 15.9 Å². The molecule has 1 aromatic rings. The summed E-state index contributed by atoms with van der Waals surface area (Å²) in [5.41, 5.74) is 0.722. The van der Waals surface area contributed by atoms with Crippen molar-refractivity contribution in [3.63, 3.8) is 0 Å². The van der Waals surface area contributed by atoms with Gasteiger partial charge in [-0.2, -0.15) is 5.26 Å². The lowest BCUT2D eigenvalue weighted by atomic mass is 10.1. The van der Waals surface area contributed by atoms with Gasteiger partial charge in [0.05, 0.1) is 10.5 Å². The molecule has 0 radical (unpaired) electrons. The van der Waals surface area contributed by atoms with Crippen molar-refractivity contribution in [2.75, 3.05) is 26.2 Å². The van der Waals surface area contributed by atoms with Gasteiger partial charge in [0.25, 0.3) is 0 Å². The average Bonchev–Trinajstić information content (AvgIpc) is 2.64. The third-order valence-electron chi connectivity index (χ3n) is 3.12. The molecule has 1 aromatic carbocycles. The predicted octanol–water partition coefficient (Wildman–Crippen LogP) is 2.45. The second kappa shape index (κ2) is 6.28. The molecule has 0 saturated carbocycles. The quantitative estimate of drug-likeness (QED) is 0.912. The van der Waals surface area contributed by atoms with Gasteiger partial charge in [-0.3, -0.25) is 4.90 Å². The van der Waals surface area contributed by atoms with Crippen LogP contribution in [0.3, 0.4) is 0 Å². The van der Waals surface area contributed by atoms with Gasteiger partial charge in [0.1, 0.15) is 11.9 Å². The lowest BCUT2D eigenvalue weighted by Crippen LogP contribution is -2.31. The third kappa shape index (κ3) is 3.08. The number of benzene rings is 1. The molecule has 0 spiro atoms. The summed E-state index contributed by atoms with van der Waals surface area (Å²) < 4.78 is 14.0. The number of hydrogen-bond acceptors (Lipinski definition) is 3. The van der Waals surface area contributed by atoms with Crippen molar-refractivity contribution >= 4 is 15.9 Å². The van der Waals surface area contributed by atoms with Crippen molar-refractivity contribution in [2.45, 2.75) is 12.5 Å². The topological polar surface area (TPSA) is 39.1 Å². The first-order valence-electron chi connectivity index (χ1n) is 6.01. The highest BCUT2D eigenvalue weighted by Gasteiger charge is 2.21. The van der Waals surface area contributed by atoms with Crippen molar-refractivity contribution in [3.8, 4) is 6.07 Å². The summed E-state index contributed by atoms with van der Waals surface area (Å²) in [6, 6.07) is 6.81. The Hall–Kier alpha value is -0.960. The van der Waals surface area contributed by atoms with Crippen molar-refractivity contribution in [3.05, 3.63) is 34.1 Å². The first kappa shape index (κ1) is 13.5. The Labute approximate surface area is 115 Å². The Bertz CT molecular complexity index is 450. The van der Waals surface area contributed by atoms with Crippen molar-refractivity contribution in [2.24, 2.45) is 0 Å². The fourth-order valence-electron chi connectivity index (χ4n) is 2.17. The van der Waals surface area contributed by atoms with Gasteiger partial charge >= 0.3 is 0 Å². The summed E-state index contributed by atoms with van der Waals surface area (Å²) in [6.07, 6.45) is 1.01. The zero-order valence-corrected chi connectivity index (χ0v) is 11.6. The van der Waals surface area contributed by atoms with E-state index in [1.165, 1.54) is 6.07 Å². The van der Waals surface area contributed by atoms with E-state index in [2.05, 4.69) is 32.2 Å². The van der Waals surface area contributed by atoms with Gasteiger partial charge in [-0.1, -0.05) is 6.07 Å². The Morgan fingerprint density at radius 3 is 2.94 bits per heavy atom. The van der Waals surface area contributed by atoms with E-state index in [1.807, 2.05) is 0 Å². The Kier molecular flexibility index (Phi) is 4.70. The molecule has 1 unspecified atom stereocenters. The maximum absolute atomic E-state index is 13.5. The summed E-state index contributed by atoms with van der Waals surface area (Å²) in [5.74, 6) is -0.319. The van der Waals surface area contributed by atoms with Crippen LogP contribution in [-0.2, 0) is 0 Å². The number of hydrogen-bond donors (Lipinski definition) is 1. The van der Waals surface area contributed by atoms with E-state index < -0.39 is 0 Å². The Morgan fingerprint density at radius 1 is 1.39 bits per heavy atom. The van der Waals surface area contributed by atoms with Gasteiger partial charge in [0, 0.05) is 19.6 Å². The first-order valence-corrected chi connectivity index (χ1v) is 6.81. The second-order valence-corrected chi connectivity index (χ2v) is 5.20. The maximum Gasteiger partial charge on any atom is 0.137 e. The van der Waals surface area contributed by atoms with Crippen molar-refractivity contribution in [1.82, 2.24) is 10.2 Å². The number of nitrogens with zero attached hydrogens (tertiary/aromatic N) is 2. The van der Waals surface area contributed by atoms with Gasteiger partial charge in [0.15, 0.2) is 0 Å². The summed E-state index contributed by atoms with van der Waals surface area (Å²) >= 11 is 3.13. The normalized spacial score (nSPS) is 18.9. The molecule has 1 N–H and O–H groups in total. The van der Waals surface area contributed by atoms with Crippen LogP contribution in [-0.4, -0.2) is 31.1 Å². The minimum absolute atomic E-state index is 0.319. The van der Waals surface area contributed by atoms with Gasteiger partial charge < -0.3 is 5.32 Å². The van der Waals surface area contributed by atoms with Crippen LogP contribution in [0.4, 0.5) is 4.39 Å². The summed E-state index contributed by atoms with van der Waals surface area (Å²) in [7, 11) is 0. The molecule has 2 rings (SSSR count). The molecule has 0 aliphatic carbocycles. The standard InChI is InChI=1S/C13H15BrFN3/c14-11-3-2-10(8-12(11)15)13(9-16)18-6-1-4-17-5-7-18/h2-3,8,13,17H,1,4-7H2. The van der Waals surface area contributed by atoms with E-state index in [1.54, 1.807) is 12.1 Å². The van der Waals surface area contributed by atoms with E-state index in [4.69, 9.17) is 0 Å². The second-order valence-electron chi connectivity index (χ2n) is 4.34. The molecule has 18 heavy (non-hydrogen) atoms. The molecule has 5 heteroatoms. The molecular formula is C13H15BrFN3. The van der Waals surface area contributed by atoms with Gasteiger partial charge in [0.2, 0.25) is 0 Å². The van der Waals surface area contributed by atoms with Crippen molar-refractivity contribution in [1.29, 1.82) is 5.26 Å². The molecule has 3 nitrogen and oxygen atoms in total. The molecule has 1 atom stereocenters. The summed E-state index contributed by atoms with van der Waals surface area (Å²) in [6.45, 7) is 3.53. The number of rotatable bonds is 2. The molecule has 0 aromatic heterocycles. The van der Waals surface area contributed by atoms with Crippen LogP contribution in [0, 0.1) is 17.1 Å². The SMILES string of the molecule is N#CC(c1ccc(Br)c(F)c1)N1CCCNCC1. The van der Waals surface area contributed by atoms with Crippen LogP contribution in [0.5, 0.6) is 0 Å². The van der Waals surface area contributed by atoms with E-state index >= 15 is 0 Å². The predicted molar refractivity (Wildman–Crippen MR) is 71.5 cm³/mol. The zero-order chi connectivity index (χ0) is 13.0. The van der Waals surface area contributed by atoms with Gasteiger partial charge in [-0.05, 0) is 46.6 Å². The highest BCUT2D eigenvalue weighted by Crippen LogP contribution is 2.24. The Balaban J connectivity index is 2.21. The lowest BCUT2D eigenvalue weighted by molar-refractivity contribution is 0.252. The third-order valence-corrected chi connectivity index (χ3v) is 3.76. The molecule has 1 heterocycles. The van der Waals surface area contributed by atoms with Gasteiger partial charge in [-0.25, -0.2) is 4.39 Å². The van der Waals surface area contributed by atoms with Gasteiger partial charge in [-0.15, -0.1) is 0 Å². The number of nitrogens with one attached hydrogen (secondary N) is 1. The molecule has 1 saturated heterocycles. The van der Waals surface area contributed by atoms with Crippen molar-refractivity contribution < 1.29 is 4.39 Å². The minimum Gasteiger partial charge on any atom is -0.315 e. The fraction of sp³-hybridized carbons (Fsp3) is 0.462. The average molecular weight is 312 g/mol. The fourth-order valence-corrected chi connectivity index (χ4v) is 2.42. The molecular weight excluding hydrogens is 297 g/mol. The first-order chi connectivity index (χ1) is 8.72. The zero-order valence-electron chi connectivity index (χ0n) is 10.00. The van der Waals surface area contributed by atoms with E-state index in [0.29, 0.717) is 4.47 Å². The number of nitriles is 1. The lowest BCUT2D eigenvalue weighted by Gasteiger charge is -2.25. The molecule has 96 valence electrons. The molecule has 1 aliphatic rings. The highest BCUT2D eigenvalue weighted by atomic mass is 79.9. The number of halogens is 2. The maximum atomic E-state index is 13.5. The monoisotopic (exact) mass is 311 g/mol.